The molecule has 0 amide bonds. The Morgan fingerprint density at radius 3 is 1.88 bits per heavy atom. The van der Waals surface area contributed by atoms with Crippen molar-refractivity contribution < 1.29 is 0 Å². The lowest BCUT2D eigenvalue weighted by Crippen LogP contribution is -2.34. The van der Waals surface area contributed by atoms with Gasteiger partial charge in [-0.1, -0.05) is 81.7 Å². The number of rotatable bonds is 20. The highest BCUT2D eigenvalue weighted by molar-refractivity contribution is 5.77. The lowest BCUT2D eigenvalue weighted by Gasteiger charge is -2.18. The van der Waals surface area contributed by atoms with Crippen LogP contribution in [0.3, 0.4) is 0 Å². The van der Waals surface area contributed by atoms with Crippen molar-refractivity contribution in [1.82, 2.24) is 10.2 Å². The van der Waals surface area contributed by atoms with Crippen molar-refractivity contribution in [2.24, 2.45) is 27.2 Å². The van der Waals surface area contributed by atoms with Crippen molar-refractivity contribution in [3.05, 3.63) is 35.9 Å². The van der Waals surface area contributed by atoms with Crippen LogP contribution >= 0.6 is 0 Å². The van der Waals surface area contributed by atoms with Crippen molar-refractivity contribution in [1.29, 1.82) is 0 Å². The monoisotopic (exact) mass is 459 g/mol. The third-order valence-corrected chi connectivity index (χ3v) is 5.81. The van der Waals surface area contributed by atoms with Crippen LogP contribution in [0.15, 0.2) is 40.3 Å². The van der Waals surface area contributed by atoms with Gasteiger partial charge in [-0.2, -0.15) is 0 Å². The van der Waals surface area contributed by atoms with Gasteiger partial charge in [-0.25, -0.2) is 4.99 Å². The van der Waals surface area contributed by atoms with Crippen LogP contribution in [0, 0.1) is 0 Å². The van der Waals surface area contributed by atoms with Crippen LogP contribution in [0.4, 0.5) is 0 Å². The molecule has 0 aromatic heterocycles. The van der Waals surface area contributed by atoms with Crippen molar-refractivity contribution in [2.45, 2.75) is 83.6 Å². The van der Waals surface area contributed by atoms with Crippen LogP contribution in [0.5, 0.6) is 0 Å². The van der Waals surface area contributed by atoms with Crippen molar-refractivity contribution >= 4 is 11.9 Å². The predicted molar refractivity (Wildman–Crippen MR) is 143 cm³/mol. The molecule has 0 saturated heterocycles. The lowest BCUT2D eigenvalue weighted by molar-refractivity contribution is 0.458. The van der Waals surface area contributed by atoms with Crippen LogP contribution in [-0.4, -0.2) is 50.0 Å². The molecule has 0 aliphatic carbocycles. The fraction of sp³-hybridized carbons (Fsp3) is 0.692. The fourth-order valence-electron chi connectivity index (χ4n) is 3.70. The number of hydrogen-bond acceptors (Lipinski definition) is 3. The van der Waals surface area contributed by atoms with E-state index in [1.807, 2.05) is 25.2 Å². The summed E-state index contributed by atoms with van der Waals surface area (Å²) in [6.45, 7) is 4.68. The minimum Gasteiger partial charge on any atom is -0.370 e. The molecule has 1 aromatic rings. The predicted octanol–water partition coefficient (Wildman–Crippen LogP) is 3.98. The Morgan fingerprint density at radius 2 is 1.27 bits per heavy atom. The van der Waals surface area contributed by atoms with Gasteiger partial charge in [-0.15, -0.1) is 0 Å². The summed E-state index contributed by atoms with van der Waals surface area (Å²) in [5.41, 5.74) is 17.9. The van der Waals surface area contributed by atoms with E-state index in [9.17, 15) is 0 Å². The number of hydrogen-bond donors (Lipinski definition) is 4. The Bertz CT molecular complexity index is 627. The average Bonchev–Trinajstić information content (AvgIpc) is 2.82. The summed E-state index contributed by atoms with van der Waals surface area (Å²) in [4.78, 5) is 10.6. The number of nitrogens with two attached hydrogens (primary N) is 3. The first-order valence-corrected chi connectivity index (χ1v) is 12.9. The molecule has 1 aromatic carbocycles. The van der Waals surface area contributed by atoms with E-state index >= 15 is 0 Å². The zero-order valence-corrected chi connectivity index (χ0v) is 21.0. The molecule has 0 aliphatic rings. The lowest BCUT2D eigenvalue weighted by atomic mass is 10.1. The number of aliphatic imine (C=N–C) groups is 2. The summed E-state index contributed by atoms with van der Waals surface area (Å²) in [6.07, 6.45) is 15.1. The number of guanidine groups is 2. The second-order valence-corrected chi connectivity index (χ2v) is 8.88. The smallest absolute Gasteiger partial charge is 0.191 e. The SMILES string of the molecule is CN(CCCCCCCCNCCCCCCCCN=C(N)N)C(N)=NCc1ccccc1. The molecular weight excluding hydrogens is 410 g/mol. The molecule has 7 N–H and O–H groups in total. The van der Waals surface area contributed by atoms with Crippen molar-refractivity contribution in [2.75, 3.05) is 33.2 Å². The normalized spacial score (nSPS) is 11.5. The van der Waals surface area contributed by atoms with Gasteiger partial charge in [0.2, 0.25) is 0 Å². The molecule has 1 rings (SSSR count). The van der Waals surface area contributed by atoms with Gasteiger partial charge < -0.3 is 27.4 Å². The zero-order chi connectivity index (χ0) is 24.0. The molecule has 0 heterocycles. The van der Waals surface area contributed by atoms with E-state index in [1.54, 1.807) is 0 Å². The van der Waals surface area contributed by atoms with Crippen LogP contribution in [0.25, 0.3) is 0 Å². The molecule has 7 nitrogen and oxygen atoms in total. The van der Waals surface area contributed by atoms with Gasteiger partial charge in [-0.05, 0) is 44.3 Å². The van der Waals surface area contributed by atoms with Crippen LogP contribution in [-0.2, 0) is 6.54 Å². The third kappa shape index (κ3) is 17.9. The summed E-state index contributed by atoms with van der Waals surface area (Å²) >= 11 is 0. The zero-order valence-electron chi connectivity index (χ0n) is 21.0. The Hall–Kier alpha value is -2.28. The van der Waals surface area contributed by atoms with E-state index < -0.39 is 0 Å². The first-order valence-electron chi connectivity index (χ1n) is 12.9. The Kier molecular flexibility index (Phi) is 17.7. The summed E-state index contributed by atoms with van der Waals surface area (Å²) in [6, 6.07) is 10.2. The van der Waals surface area contributed by atoms with E-state index in [0.29, 0.717) is 12.5 Å². The van der Waals surface area contributed by atoms with Gasteiger partial charge in [0.25, 0.3) is 0 Å². The number of nitrogens with one attached hydrogen (secondary N) is 1. The molecule has 0 radical (unpaired) electrons. The minimum atomic E-state index is 0.204. The molecule has 0 fully saturated rings. The van der Waals surface area contributed by atoms with Crippen LogP contribution < -0.4 is 22.5 Å². The van der Waals surface area contributed by atoms with Crippen LogP contribution in [0.2, 0.25) is 0 Å². The second kappa shape index (κ2) is 20.3. The van der Waals surface area contributed by atoms with E-state index in [-0.39, 0.29) is 5.96 Å². The van der Waals surface area contributed by atoms with Gasteiger partial charge >= 0.3 is 0 Å². The largest absolute Gasteiger partial charge is 0.370 e. The van der Waals surface area contributed by atoms with Gasteiger partial charge in [-0.3, -0.25) is 4.99 Å². The molecule has 0 saturated carbocycles. The highest BCUT2D eigenvalue weighted by atomic mass is 15.2. The van der Waals surface area contributed by atoms with Gasteiger partial charge in [0.15, 0.2) is 11.9 Å². The second-order valence-electron chi connectivity index (χ2n) is 8.88. The summed E-state index contributed by atoms with van der Waals surface area (Å²) in [5.74, 6) is 0.837. The van der Waals surface area contributed by atoms with Gasteiger partial charge in [0.05, 0.1) is 6.54 Å². The molecule has 7 heteroatoms. The maximum Gasteiger partial charge on any atom is 0.191 e. The van der Waals surface area contributed by atoms with Gasteiger partial charge in [0, 0.05) is 20.1 Å². The minimum absolute atomic E-state index is 0.204. The summed E-state index contributed by atoms with van der Waals surface area (Å²) < 4.78 is 0. The first kappa shape index (κ1) is 28.8. The van der Waals surface area contributed by atoms with E-state index in [2.05, 4.69) is 32.3 Å². The molecule has 0 aliphatic heterocycles. The Morgan fingerprint density at radius 1 is 0.727 bits per heavy atom. The number of nitrogens with zero attached hydrogens (tertiary/aromatic N) is 3. The molecule has 0 bridgehead atoms. The Labute approximate surface area is 202 Å². The molecule has 0 atom stereocenters. The quantitative estimate of drug-likeness (QED) is 0.134. The first-order chi connectivity index (χ1) is 16.1. The third-order valence-electron chi connectivity index (χ3n) is 5.81. The highest BCUT2D eigenvalue weighted by Gasteiger charge is 2.01. The van der Waals surface area contributed by atoms with Crippen molar-refractivity contribution in [3.8, 4) is 0 Å². The molecule has 0 spiro atoms. The summed E-state index contributed by atoms with van der Waals surface area (Å²) in [7, 11) is 2.03. The molecule has 188 valence electrons. The molecule has 0 unspecified atom stereocenters. The van der Waals surface area contributed by atoms with Crippen molar-refractivity contribution in [3.63, 3.8) is 0 Å². The molecule has 33 heavy (non-hydrogen) atoms. The number of unbranched alkanes of at least 4 members (excludes halogenated alkanes) is 10. The van der Waals surface area contributed by atoms with E-state index in [4.69, 9.17) is 17.2 Å². The van der Waals surface area contributed by atoms with E-state index in [1.165, 1.54) is 76.2 Å². The fourth-order valence-corrected chi connectivity index (χ4v) is 3.70. The Balaban J connectivity index is 1.82. The summed E-state index contributed by atoms with van der Waals surface area (Å²) in [5, 5.41) is 3.58. The van der Waals surface area contributed by atoms with E-state index in [0.717, 1.165) is 32.6 Å². The average molecular weight is 460 g/mol. The number of benzene rings is 1. The van der Waals surface area contributed by atoms with Crippen LogP contribution in [0.1, 0.15) is 82.6 Å². The highest BCUT2D eigenvalue weighted by Crippen LogP contribution is 2.07. The standard InChI is InChI=1S/C26H49N7/c1-33(26(29)32-23-24-17-11-10-12-18-24)22-16-9-5-4-7-14-20-30-19-13-6-2-3-8-15-21-31-25(27)28/h10-12,17-18,30H,2-9,13-16,19-23H2,1H3,(H2,29,32)(H4,27,28,31). The maximum absolute atomic E-state index is 6.10. The maximum atomic E-state index is 6.10. The topological polar surface area (TPSA) is 118 Å². The van der Waals surface area contributed by atoms with Gasteiger partial charge in [0.1, 0.15) is 0 Å². The molecular formula is C26H49N7.